The van der Waals surface area contributed by atoms with Crippen molar-refractivity contribution in [3.05, 3.63) is 35.5 Å². The van der Waals surface area contributed by atoms with E-state index in [2.05, 4.69) is 53.3 Å². The van der Waals surface area contributed by atoms with E-state index in [-0.39, 0.29) is 11.5 Å². The van der Waals surface area contributed by atoms with Gasteiger partial charge in [0.25, 0.3) is 0 Å². The first-order chi connectivity index (χ1) is 11.6. The van der Waals surface area contributed by atoms with Gasteiger partial charge in [0.2, 0.25) is 0 Å². The molecule has 4 atom stereocenters. The van der Waals surface area contributed by atoms with Gasteiger partial charge in [0.15, 0.2) is 0 Å². The van der Waals surface area contributed by atoms with Gasteiger partial charge in [-0.2, -0.15) is 0 Å². The van der Waals surface area contributed by atoms with Gasteiger partial charge in [-0.15, -0.1) is 0 Å². The summed E-state index contributed by atoms with van der Waals surface area (Å²) in [6, 6.07) is 0. The SMILES string of the molecule is C=C1/C(=C\C=C2/CCCC3(C)C2CCC3C(C)C)CC(C)(C)CC1O. The van der Waals surface area contributed by atoms with Gasteiger partial charge in [-0.05, 0) is 84.7 Å². The van der Waals surface area contributed by atoms with Gasteiger partial charge in [-0.25, -0.2) is 0 Å². The maximum Gasteiger partial charge on any atom is 0.0792 e. The summed E-state index contributed by atoms with van der Waals surface area (Å²) >= 11 is 0. The Hall–Kier alpha value is -0.820. The molecule has 0 amide bonds. The summed E-state index contributed by atoms with van der Waals surface area (Å²) in [5.41, 5.74) is 4.54. The van der Waals surface area contributed by atoms with E-state index in [1.54, 1.807) is 5.57 Å². The van der Waals surface area contributed by atoms with Crippen LogP contribution < -0.4 is 0 Å². The first-order valence-corrected chi connectivity index (χ1v) is 10.4. The highest BCUT2D eigenvalue weighted by Gasteiger charge is 2.49. The lowest BCUT2D eigenvalue weighted by molar-refractivity contribution is 0.104. The fourth-order valence-electron chi connectivity index (χ4n) is 6.31. The van der Waals surface area contributed by atoms with Crippen LogP contribution in [0.4, 0.5) is 0 Å². The van der Waals surface area contributed by atoms with Crippen LogP contribution >= 0.6 is 0 Å². The largest absolute Gasteiger partial charge is 0.388 e. The van der Waals surface area contributed by atoms with Crippen LogP contribution in [-0.2, 0) is 0 Å². The van der Waals surface area contributed by atoms with E-state index in [0.717, 1.165) is 36.2 Å². The van der Waals surface area contributed by atoms with E-state index >= 15 is 0 Å². The molecular weight excluding hydrogens is 304 g/mol. The molecule has 0 aromatic heterocycles. The standard InChI is InChI=1S/C24H38O/c1-16(2)20-11-12-21-18(8-7-13-24(20,21)6)9-10-19-14-23(4,5)15-22(25)17(19)3/h9-10,16,20-22,25H,3,7-8,11-15H2,1-2,4-6H3/b18-9+,19-10-. The third-order valence-corrected chi connectivity index (χ3v) is 7.57. The maximum absolute atomic E-state index is 10.3. The Morgan fingerprint density at radius 1 is 1.16 bits per heavy atom. The molecule has 0 aromatic rings. The van der Waals surface area contributed by atoms with Crippen molar-refractivity contribution in [1.29, 1.82) is 0 Å². The predicted octanol–water partition coefficient (Wildman–Crippen LogP) is 6.45. The monoisotopic (exact) mass is 342 g/mol. The van der Waals surface area contributed by atoms with Crippen LogP contribution in [0.1, 0.15) is 79.6 Å². The molecule has 1 nitrogen and oxygen atoms in total. The highest BCUT2D eigenvalue weighted by Crippen LogP contribution is 2.59. The van der Waals surface area contributed by atoms with Crippen molar-refractivity contribution in [2.75, 3.05) is 0 Å². The second-order valence-corrected chi connectivity index (χ2v) is 10.4. The van der Waals surface area contributed by atoms with E-state index in [1.165, 1.54) is 37.7 Å². The molecule has 140 valence electrons. The number of fused-ring (bicyclic) bond motifs is 1. The Kier molecular flexibility index (Phi) is 5.10. The molecule has 3 fully saturated rings. The van der Waals surface area contributed by atoms with Gasteiger partial charge in [-0.1, -0.05) is 58.9 Å². The molecule has 3 saturated carbocycles. The molecule has 1 heteroatoms. The lowest BCUT2D eigenvalue weighted by Crippen LogP contribution is -2.35. The molecule has 1 N–H and O–H groups in total. The van der Waals surface area contributed by atoms with Gasteiger partial charge in [-0.3, -0.25) is 0 Å². The van der Waals surface area contributed by atoms with E-state index < -0.39 is 0 Å². The van der Waals surface area contributed by atoms with Crippen molar-refractivity contribution >= 4 is 0 Å². The molecule has 4 unspecified atom stereocenters. The first-order valence-electron chi connectivity index (χ1n) is 10.4. The highest BCUT2D eigenvalue weighted by atomic mass is 16.3. The average Bonchev–Trinajstić information content (AvgIpc) is 2.86. The molecule has 0 aromatic carbocycles. The second-order valence-electron chi connectivity index (χ2n) is 10.4. The van der Waals surface area contributed by atoms with Crippen LogP contribution in [-0.4, -0.2) is 11.2 Å². The minimum absolute atomic E-state index is 0.169. The maximum atomic E-state index is 10.3. The van der Waals surface area contributed by atoms with Crippen LogP contribution in [0.5, 0.6) is 0 Å². The van der Waals surface area contributed by atoms with E-state index in [0.29, 0.717) is 5.41 Å². The number of hydrogen-bond donors (Lipinski definition) is 1. The Bertz CT molecular complexity index is 591. The fourth-order valence-corrected chi connectivity index (χ4v) is 6.31. The van der Waals surface area contributed by atoms with Gasteiger partial charge in [0.1, 0.15) is 0 Å². The van der Waals surface area contributed by atoms with Crippen LogP contribution in [0, 0.1) is 28.6 Å². The zero-order valence-electron chi connectivity index (χ0n) is 17.1. The Morgan fingerprint density at radius 3 is 2.56 bits per heavy atom. The van der Waals surface area contributed by atoms with Crippen LogP contribution in [0.15, 0.2) is 35.5 Å². The lowest BCUT2D eigenvalue weighted by atomic mass is 9.61. The Labute approximate surface area is 155 Å². The second kappa shape index (κ2) is 6.72. The number of hydrogen-bond acceptors (Lipinski definition) is 1. The summed E-state index contributed by atoms with van der Waals surface area (Å²) in [4.78, 5) is 0. The van der Waals surface area contributed by atoms with E-state index in [1.807, 2.05) is 0 Å². The summed E-state index contributed by atoms with van der Waals surface area (Å²) < 4.78 is 0. The van der Waals surface area contributed by atoms with E-state index in [9.17, 15) is 5.11 Å². The summed E-state index contributed by atoms with van der Waals surface area (Å²) in [5.74, 6) is 2.43. The minimum Gasteiger partial charge on any atom is -0.388 e. The molecule has 3 aliphatic rings. The fraction of sp³-hybridized carbons (Fsp3) is 0.750. The zero-order chi connectivity index (χ0) is 18.4. The van der Waals surface area contributed by atoms with Crippen LogP contribution in [0.3, 0.4) is 0 Å². The van der Waals surface area contributed by atoms with Crippen molar-refractivity contribution in [1.82, 2.24) is 0 Å². The topological polar surface area (TPSA) is 20.2 Å². The van der Waals surface area contributed by atoms with Gasteiger partial charge < -0.3 is 5.11 Å². The van der Waals surface area contributed by atoms with Crippen LogP contribution in [0.25, 0.3) is 0 Å². The summed E-state index contributed by atoms with van der Waals surface area (Å²) in [6.07, 6.45) is 13.0. The molecule has 0 aliphatic heterocycles. The Balaban J connectivity index is 1.85. The Morgan fingerprint density at radius 2 is 1.88 bits per heavy atom. The molecule has 0 saturated heterocycles. The van der Waals surface area contributed by atoms with Crippen molar-refractivity contribution in [3.63, 3.8) is 0 Å². The van der Waals surface area contributed by atoms with Gasteiger partial charge in [0.05, 0.1) is 6.10 Å². The summed E-state index contributed by atoms with van der Waals surface area (Å²) in [7, 11) is 0. The molecule has 3 aliphatic carbocycles. The van der Waals surface area contributed by atoms with E-state index in [4.69, 9.17) is 0 Å². The van der Waals surface area contributed by atoms with Crippen molar-refractivity contribution in [2.45, 2.75) is 85.7 Å². The number of aliphatic hydroxyl groups is 1. The van der Waals surface area contributed by atoms with Crippen molar-refractivity contribution < 1.29 is 5.11 Å². The predicted molar refractivity (Wildman–Crippen MR) is 107 cm³/mol. The van der Waals surface area contributed by atoms with Gasteiger partial charge >= 0.3 is 0 Å². The molecular formula is C24H38O. The summed E-state index contributed by atoms with van der Waals surface area (Å²) in [6.45, 7) is 16.1. The first kappa shape index (κ1) is 19.0. The molecule has 0 radical (unpaired) electrons. The molecule has 3 rings (SSSR count). The minimum atomic E-state index is -0.373. The van der Waals surface area contributed by atoms with Crippen molar-refractivity contribution in [2.24, 2.45) is 28.6 Å². The number of rotatable bonds is 2. The lowest BCUT2D eigenvalue weighted by Gasteiger charge is -2.44. The molecule has 0 heterocycles. The number of aliphatic hydroxyl groups excluding tert-OH is 1. The van der Waals surface area contributed by atoms with Crippen LogP contribution in [0.2, 0.25) is 0 Å². The third kappa shape index (κ3) is 3.54. The molecule has 0 bridgehead atoms. The quantitative estimate of drug-likeness (QED) is 0.611. The number of allylic oxidation sites excluding steroid dienone is 3. The van der Waals surface area contributed by atoms with Crippen molar-refractivity contribution in [3.8, 4) is 0 Å². The van der Waals surface area contributed by atoms with Gasteiger partial charge in [0, 0.05) is 0 Å². The normalized spacial score (nSPS) is 41.6. The highest BCUT2D eigenvalue weighted by molar-refractivity contribution is 5.39. The molecule has 0 spiro atoms. The smallest absolute Gasteiger partial charge is 0.0792 e. The third-order valence-electron chi connectivity index (χ3n) is 7.57. The molecule has 25 heavy (non-hydrogen) atoms. The summed E-state index contributed by atoms with van der Waals surface area (Å²) in [5, 5.41) is 10.3. The average molecular weight is 343 g/mol. The zero-order valence-corrected chi connectivity index (χ0v) is 17.1.